The van der Waals surface area contributed by atoms with Gasteiger partial charge in [0.05, 0.1) is 0 Å². The summed E-state index contributed by atoms with van der Waals surface area (Å²) in [6.45, 7) is 3.94. The molecule has 0 radical (unpaired) electrons. The molecule has 0 spiro atoms. The second-order valence-electron chi connectivity index (χ2n) is 4.26. The first-order valence-electron chi connectivity index (χ1n) is 6.49. The van der Waals surface area contributed by atoms with Crippen LogP contribution in [0, 0.1) is 0 Å². The number of carbonyl (C=O) groups excluding carboxylic acids is 1. The van der Waals surface area contributed by atoms with Crippen molar-refractivity contribution in [1.29, 1.82) is 0 Å². The van der Waals surface area contributed by atoms with Crippen molar-refractivity contribution in [2.75, 3.05) is 0 Å². The average molecular weight is 255 g/mol. The van der Waals surface area contributed by atoms with E-state index in [2.05, 4.69) is 11.9 Å². The maximum atomic E-state index is 11.5. The Labute approximate surface area is 113 Å². The summed E-state index contributed by atoms with van der Waals surface area (Å²) in [5.74, 6) is 1.38. The van der Waals surface area contributed by atoms with E-state index in [4.69, 9.17) is 4.74 Å². The Kier molecular flexibility index (Phi) is 4.29. The molecule has 1 aromatic carbocycles. The lowest BCUT2D eigenvalue weighted by Crippen LogP contribution is -1.96. The SMILES string of the molecule is CCC(=O)c1ccc(Oc2ccc(CC)cn2)cc1. The van der Waals surface area contributed by atoms with Crippen molar-refractivity contribution in [3.8, 4) is 11.6 Å². The largest absolute Gasteiger partial charge is 0.439 e. The molecule has 0 saturated carbocycles. The number of Topliss-reactive ketones (excluding diaryl/α,β-unsaturated/α-hetero) is 1. The van der Waals surface area contributed by atoms with Crippen LogP contribution in [0.15, 0.2) is 42.6 Å². The number of rotatable bonds is 5. The van der Waals surface area contributed by atoms with E-state index in [0.29, 0.717) is 23.6 Å². The lowest BCUT2D eigenvalue weighted by molar-refractivity contribution is 0.0988. The van der Waals surface area contributed by atoms with Crippen molar-refractivity contribution >= 4 is 5.78 Å². The molecular weight excluding hydrogens is 238 g/mol. The maximum Gasteiger partial charge on any atom is 0.219 e. The third-order valence-electron chi connectivity index (χ3n) is 2.93. The molecule has 0 aliphatic carbocycles. The Balaban J connectivity index is 2.08. The lowest BCUT2D eigenvalue weighted by atomic mass is 10.1. The number of aryl methyl sites for hydroxylation is 1. The number of ether oxygens (including phenoxy) is 1. The van der Waals surface area contributed by atoms with Crippen LogP contribution in [-0.4, -0.2) is 10.8 Å². The van der Waals surface area contributed by atoms with Crippen LogP contribution in [0.1, 0.15) is 36.2 Å². The number of hydrogen-bond acceptors (Lipinski definition) is 3. The molecule has 2 rings (SSSR count). The summed E-state index contributed by atoms with van der Waals surface area (Å²) in [6.07, 6.45) is 3.28. The fraction of sp³-hybridized carbons (Fsp3) is 0.250. The van der Waals surface area contributed by atoms with Gasteiger partial charge in [-0.3, -0.25) is 4.79 Å². The minimum Gasteiger partial charge on any atom is -0.439 e. The molecule has 0 aliphatic rings. The first kappa shape index (κ1) is 13.3. The van der Waals surface area contributed by atoms with Gasteiger partial charge in [0, 0.05) is 24.2 Å². The second-order valence-corrected chi connectivity index (χ2v) is 4.26. The normalized spacial score (nSPS) is 10.2. The van der Waals surface area contributed by atoms with Gasteiger partial charge in [0.2, 0.25) is 5.88 Å². The highest BCUT2D eigenvalue weighted by Gasteiger charge is 2.04. The quantitative estimate of drug-likeness (QED) is 0.757. The van der Waals surface area contributed by atoms with Crippen LogP contribution in [-0.2, 0) is 6.42 Å². The summed E-state index contributed by atoms with van der Waals surface area (Å²) in [7, 11) is 0. The number of aromatic nitrogens is 1. The van der Waals surface area contributed by atoms with Gasteiger partial charge in [0.1, 0.15) is 5.75 Å². The van der Waals surface area contributed by atoms with Gasteiger partial charge in [-0.05, 0) is 36.2 Å². The van der Waals surface area contributed by atoms with Gasteiger partial charge < -0.3 is 4.74 Å². The van der Waals surface area contributed by atoms with Gasteiger partial charge in [-0.25, -0.2) is 4.98 Å². The van der Waals surface area contributed by atoms with Crippen LogP contribution >= 0.6 is 0 Å². The fourth-order valence-electron chi connectivity index (χ4n) is 1.71. The Morgan fingerprint density at radius 2 is 1.84 bits per heavy atom. The maximum absolute atomic E-state index is 11.5. The number of hydrogen-bond donors (Lipinski definition) is 0. The van der Waals surface area contributed by atoms with Crippen molar-refractivity contribution in [3.05, 3.63) is 53.7 Å². The van der Waals surface area contributed by atoms with Crippen molar-refractivity contribution in [2.45, 2.75) is 26.7 Å². The molecule has 0 fully saturated rings. The van der Waals surface area contributed by atoms with Crippen LogP contribution in [0.2, 0.25) is 0 Å². The van der Waals surface area contributed by atoms with Crippen LogP contribution in [0.5, 0.6) is 11.6 Å². The van der Waals surface area contributed by atoms with Crippen molar-refractivity contribution in [3.63, 3.8) is 0 Å². The first-order chi connectivity index (χ1) is 9.22. The van der Waals surface area contributed by atoms with Gasteiger partial charge in [-0.15, -0.1) is 0 Å². The number of pyridine rings is 1. The molecule has 19 heavy (non-hydrogen) atoms. The number of nitrogens with zero attached hydrogens (tertiary/aromatic N) is 1. The Bertz CT molecular complexity index is 544. The van der Waals surface area contributed by atoms with E-state index in [9.17, 15) is 4.79 Å². The summed E-state index contributed by atoms with van der Waals surface area (Å²) < 4.78 is 5.62. The lowest BCUT2D eigenvalue weighted by Gasteiger charge is -2.06. The van der Waals surface area contributed by atoms with Crippen LogP contribution in [0.4, 0.5) is 0 Å². The van der Waals surface area contributed by atoms with Gasteiger partial charge in [0.15, 0.2) is 5.78 Å². The smallest absolute Gasteiger partial charge is 0.219 e. The minimum absolute atomic E-state index is 0.136. The van der Waals surface area contributed by atoms with Gasteiger partial charge in [-0.2, -0.15) is 0 Å². The van der Waals surface area contributed by atoms with Crippen LogP contribution in [0.3, 0.4) is 0 Å². The van der Waals surface area contributed by atoms with E-state index in [-0.39, 0.29) is 5.78 Å². The van der Waals surface area contributed by atoms with E-state index in [1.807, 2.05) is 25.3 Å². The minimum atomic E-state index is 0.136. The molecule has 1 aromatic heterocycles. The molecule has 0 saturated heterocycles. The molecule has 2 aromatic rings. The molecule has 1 heterocycles. The topological polar surface area (TPSA) is 39.2 Å². The van der Waals surface area contributed by atoms with Gasteiger partial charge >= 0.3 is 0 Å². The highest BCUT2D eigenvalue weighted by atomic mass is 16.5. The Hall–Kier alpha value is -2.16. The Morgan fingerprint density at radius 1 is 1.11 bits per heavy atom. The number of benzene rings is 1. The summed E-state index contributed by atoms with van der Waals surface area (Å²) in [4.78, 5) is 15.7. The highest BCUT2D eigenvalue weighted by molar-refractivity contribution is 5.95. The molecule has 0 atom stereocenters. The Morgan fingerprint density at radius 3 is 2.37 bits per heavy atom. The van der Waals surface area contributed by atoms with Crippen molar-refractivity contribution < 1.29 is 9.53 Å². The van der Waals surface area contributed by atoms with Crippen LogP contribution in [0.25, 0.3) is 0 Å². The van der Waals surface area contributed by atoms with E-state index in [0.717, 1.165) is 6.42 Å². The second kappa shape index (κ2) is 6.14. The standard InChI is InChI=1S/C16H17NO2/c1-3-12-5-10-16(17-11-12)19-14-8-6-13(7-9-14)15(18)4-2/h5-11H,3-4H2,1-2H3. The number of ketones is 1. The van der Waals surface area contributed by atoms with Crippen molar-refractivity contribution in [2.24, 2.45) is 0 Å². The molecule has 0 amide bonds. The van der Waals surface area contributed by atoms with Gasteiger partial charge in [0.25, 0.3) is 0 Å². The summed E-state index contributed by atoms with van der Waals surface area (Å²) >= 11 is 0. The monoisotopic (exact) mass is 255 g/mol. The molecule has 0 aliphatic heterocycles. The zero-order chi connectivity index (χ0) is 13.7. The van der Waals surface area contributed by atoms with Crippen molar-refractivity contribution in [1.82, 2.24) is 4.98 Å². The predicted octanol–water partition coefficient (Wildman–Crippen LogP) is 4.03. The molecule has 98 valence electrons. The summed E-state index contributed by atoms with van der Waals surface area (Å²) in [5.41, 5.74) is 1.89. The van der Waals surface area contributed by atoms with Crippen LogP contribution < -0.4 is 4.74 Å². The first-order valence-corrected chi connectivity index (χ1v) is 6.49. The molecule has 0 N–H and O–H groups in total. The molecule has 3 heteroatoms. The summed E-state index contributed by atoms with van der Waals surface area (Å²) in [5, 5.41) is 0. The molecule has 0 unspecified atom stereocenters. The average Bonchev–Trinajstić information content (AvgIpc) is 2.48. The van der Waals surface area contributed by atoms with E-state index in [1.54, 1.807) is 24.3 Å². The predicted molar refractivity (Wildman–Crippen MR) is 74.8 cm³/mol. The fourth-order valence-corrected chi connectivity index (χ4v) is 1.71. The molecule has 0 bridgehead atoms. The van der Waals surface area contributed by atoms with Gasteiger partial charge in [-0.1, -0.05) is 19.9 Å². The van der Waals surface area contributed by atoms with E-state index in [1.165, 1.54) is 5.56 Å². The van der Waals surface area contributed by atoms with E-state index < -0.39 is 0 Å². The number of carbonyl (C=O) groups is 1. The zero-order valence-corrected chi connectivity index (χ0v) is 11.2. The molecular formula is C16H17NO2. The summed E-state index contributed by atoms with van der Waals surface area (Å²) in [6, 6.07) is 11.0. The third kappa shape index (κ3) is 3.41. The van der Waals surface area contributed by atoms with E-state index >= 15 is 0 Å². The zero-order valence-electron chi connectivity index (χ0n) is 11.2. The third-order valence-corrected chi connectivity index (χ3v) is 2.93. The molecule has 3 nitrogen and oxygen atoms in total. The highest BCUT2D eigenvalue weighted by Crippen LogP contribution is 2.20.